The Morgan fingerprint density at radius 3 is 2.47 bits per heavy atom. The molecule has 0 aliphatic heterocycles. The minimum absolute atomic E-state index is 0.0333. The van der Waals surface area contributed by atoms with E-state index in [9.17, 15) is 4.79 Å². The first kappa shape index (κ1) is 11.5. The molecule has 0 aromatic carbocycles. The van der Waals surface area contributed by atoms with Gasteiger partial charge in [-0.3, -0.25) is 4.79 Å². The van der Waals surface area contributed by atoms with Crippen LogP contribution < -0.4 is 4.90 Å². The molecule has 0 atom stereocenters. The summed E-state index contributed by atoms with van der Waals surface area (Å²) in [5, 5.41) is 8.60. The molecule has 0 aliphatic rings. The van der Waals surface area contributed by atoms with Gasteiger partial charge in [-0.15, -0.1) is 0 Å². The largest absolute Gasteiger partial charge is 0.481 e. The van der Waals surface area contributed by atoms with E-state index in [1.165, 1.54) is 0 Å². The number of anilines is 1. The molecule has 1 N–H and O–H groups in total. The van der Waals surface area contributed by atoms with Crippen LogP contribution in [0.25, 0.3) is 0 Å². The number of nitrogens with zero attached hydrogens (tertiary/aromatic N) is 2. The highest BCUT2D eigenvalue weighted by Gasteiger charge is 2.04. The summed E-state index contributed by atoms with van der Waals surface area (Å²) < 4.78 is 0. The highest BCUT2D eigenvalue weighted by atomic mass is 16.4. The van der Waals surface area contributed by atoms with Crippen LogP contribution in [0.4, 0.5) is 5.82 Å². The lowest BCUT2D eigenvalue weighted by molar-refractivity contribution is -0.136. The fourth-order valence-corrected chi connectivity index (χ4v) is 1.43. The van der Waals surface area contributed by atoms with Gasteiger partial charge in [-0.25, -0.2) is 4.98 Å². The molecule has 1 aromatic rings. The van der Waals surface area contributed by atoms with Gasteiger partial charge in [0, 0.05) is 19.3 Å². The summed E-state index contributed by atoms with van der Waals surface area (Å²) in [7, 11) is 0. The molecule has 0 amide bonds. The first-order valence-electron chi connectivity index (χ1n) is 5.09. The Morgan fingerprint density at radius 2 is 2.07 bits per heavy atom. The van der Waals surface area contributed by atoms with E-state index in [2.05, 4.69) is 23.7 Å². The zero-order valence-corrected chi connectivity index (χ0v) is 9.10. The molecular weight excluding hydrogens is 192 g/mol. The molecule has 0 aliphatic carbocycles. The average molecular weight is 208 g/mol. The lowest BCUT2D eigenvalue weighted by atomic mass is 10.2. The van der Waals surface area contributed by atoms with Crippen molar-refractivity contribution < 1.29 is 9.90 Å². The monoisotopic (exact) mass is 208 g/mol. The molecule has 4 heteroatoms. The molecule has 0 bridgehead atoms. The first-order chi connectivity index (χ1) is 7.17. The van der Waals surface area contributed by atoms with Crippen molar-refractivity contribution >= 4 is 11.8 Å². The van der Waals surface area contributed by atoms with Crippen LogP contribution in [0, 0.1) is 0 Å². The highest BCUT2D eigenvalue weighted by Crippen LogP contribution is 2.10. The third-order valence-corrected chi connectivity index (χ3v) is 2.25. The molecular formula is C11H16N2O2. The van der Waals surface area contributed by atoms with Crippen LogP contribution in [0.5, 0.6) is 0 Å². The smallest absolute Gasteiger partial charge is 0.307 e. The number of carboxylic acids is 1. The van der Waals surface area contributed by atoms with Gasteiger partial charge in [0.05, 0.1) is 6.42 Å². The zero-order valence-electron chi connectivity index (χ0n) is 9.10. The maximum absolute atomic E-state index is 10.5. The number of aliphatic carboxylic acids is 1. The van der Waals surface area contributed by atoms with Crippen molar-refractivity contribution in [1.29, 1.82) is 0 Å². The van der Waals surface area contributed by atoms with Crippen LogP contribution in [0.3, 0.4) is 0 Å². The fraction of sp³-hybridized carbons (Fsp3) is 0.455. The second-order valence-electron chi connectivity index (χ2n) is 3.27. The van der Waals surface area contributed by atoms with E-state index in [0.29, 0.717) is 0 Å². The maximum atomic E-state index is 10.5. The van der Waals surface area contributed by atoms with Crippen molar-refractivity contribution in [3.8, 4) is 0 Å². The van der Waals surface area contributed by atoms with Gasteiger partial charge < -0.3 is 10.0 Å². The van der Waals surface area contributed by atoms with E-state index in [-0.39, 0.29) is 6.42 Å². The number of carboxylic acid groups (broad SMARTS) is 1. The van der Waals surface area contributed by atoms with Crippen molar-refractivity contribution in [3.05, 3.63) is 23.9 Å². The van der Waals surface area contributed by atoms with Crippen LogP contribution in [-0.4, -0.2) is 29.1 Å². The van der Waals surface area contributed by atoms with Gasteiger partial charge in [0.15, 0.2) is 0 Å². The van der Waals surface area contributed by atoms with Gasteiger partial charge in [0.1, 0.15) is 5.82 Å². The quantitative estimate of drug-likeness (QED) is 0.797. The highest BCUT2D eigenvalue weighted by molar-refractivity contribution is 5.70. The van der Waals surface area contributed by atoms with Gasteiger partial charge in [-0.05, 0) is 25.5 Å². The van der Waals surface area contributed by atoms with E-state index in [4.69, 9.17) is 5.11 Å². The molecule has 1 heterocycles. The minimum Gasteiger partial charge on any atom is -0.481 e. The van der Waals surface area contributed by atoms with Crippen molar-refractivity contribution in [2.45, 2.75) is 20.3 Å². The fourth-order valence-electron chi connectivity index (χ4n) is 1.43. The third-order valence-electron chi connectivity index (χ3n) is 2.25. The summed E-state index contributed by atoms with van der Waals surface area (Å²) in [6, 6.07) is 3.68. The lowest BCUT2D eigenvalue weighted by Crippen LogP contribution is -2.22. The van der Waals surface area contributed by atoms with Gasteiger partial charge in [-0.1, -0.05) is 6.07 Å². The van der Waals surface area contributed by atoms with Crippen molar-refractivity contribution in [2.75, 3.05) is 18.0 Å². The summed E-state index contributed by atoms with van der Waals surface area (Å²) in [6.45, 7) is 5.94. The van der Waals surface area contributed by atoms with E-state index in [1.807, 2.05) is 12.1 Å². The molecule has 0 saturated carbocycles. The van der Waals surface area contributed by atoms with E-state index in [1.54, 1.807) is 6.20 Å². The van der Waals surface area contributed by atoms with Crippen LogP contribution in [0.2, 0.25) is 0 Å². The predicted molar refractivity (Wildman–Crippen MR) is 59.1 cm³/mol. The summed E-state index contributed by atoms with van der Waals surface area (Å²) in [6.07, 6.45) is 1.66. The molecule has 4 nitrogen and oxygen atoms in total. The molecule has 15 heavy (non-hydrogen) atoms. The molecule has 0 unspecified atom stereocenters. The van der Waals surface area contributed by atoms with Crippen molar-refractivity contribution in [2.24, 2.45) is 0 Å². The van der Waals surface area contributed by atoms with Gasteiger partial charge in [0.25, 0.3) is 0 Å². The second kappa shape index (κ2) is 5.34. The van der Waals surface area contributed by atoms with Gasteiger partial charge >= 0.3 is 5.97 Å². The average Bonchev–Trinajstić information content (AvgIpc) is 2.21. The Labute approximate surface area is 89.6 Å². The third kappa shape index (κ3) is 3.23. The Kier molecular flexibility index (Phi) is 4.09. The summed E-state index contributed by atoms with van der Waals surface area (Å²) in [4.78, 5) is 16.8. The topological polar surface area (TPSA) is 53.4 Å². The normalized spacial score (nSPS) is 10.0. The summed E-state index contributed by atoms with van der Waals surface area (Å²) in [5.74, 6) is 0.0709. The number of hydrogen-bond acceptors (Lipinski definition) is 3. The minimum atomic E-state index is -0.826. The number of carbonyl (C=O) groups is 1. The van der Waals surface area contributed by atoms with Crippen LogP contribution in [0.15, 0.2) is 18.3 Å². The second-order valence-corrected chi connectivity index (χ2v) is 3.27. The Hall–Kier alpha value is -1.58. The Bertz CT molecular complexity index is 318. The number of hydrogen-bond donors (Lipinski definition) is 1. The molecule has 0 saturated heterocycles. The lowest BCUT2D eigenvalue weighted by Gasteiger charge is -2.19. The van der Waals surface area contributed by atoms with Crippen molar-refractivity contribution in [3.63, 3.8) is 0 Å². The predicted octanol–water partition coefficient (Wildman–Crippen LogP) is 1.55. The Morgan fingerprint density at radius 1 is 1.40 bits per heavy atom. The molecule has 0 fully saturated rings. The number of rotatable bonds is 5. The molecule has 82 valence electrons. The molecule has 1 aromatic heterocycles. The number of aromatic nitrogens is 1. The van der Waals surface area contributed by atoms with E-state index < -0.39 is 5.97 Å². The van der Waals surface area contributed by atoms with Crippen LogP contribution in [-0.2, 0) is 11.2 Å². The summed E-state index contributed by atoms with van der Waals surface area (Å²) in [5.41, 5.74) is 0.735. The SMILES string of the molecule is CCN(CC)c1ccc(CC(=O)O)cn1. The van der Waals surface area contributed by atoms with Crippen LogP contribution in [0.1, 0.15) is 19.4 Å². The van der Waals surface area contributed by atoms with Gasteiger partial charge in [0.2, 0.25) is 0 Å². The molecule has 1 rings (SSSR count). The Balaban J connectivity index is 2.75. The standard InChI is InChI=1S/C11H16N2O2/c1-3-13(4-2)10-6-5-9(8-12-10)7-11(14)15/h5-6,8H,3-4,7H2,1-2H3,(H,14,15). The summed E-state index contributed by atoms with van der Waals surface area (Å²) >= 11 is 0. The number of pyridine rings is 1. The van der Waals surface area contributed by atoms with Gasteiger partial charge in [-0.2, -0.15) is 0 Å². The molecule has 0 radical (unpaired) electrons. The van der Waals surface area contributed by atoms with E-state index >= 15 is 0 Å². The van der Waals surface area contributed by atoms with E-state index in [0.717, 1.165) is 24.5 Å². The maximum Gasteiger partial charge on any atom is 0.307 e. The molecule has 0 spiro atoms. The zero-order chi connectivity index (χ0) is 11.3. The van der Waals surface area contributed by atoms with Crippen LogP contribution >= 0.6 is 0 Å². The first-order valence-corrected chi connectivity index (χ1v) is 5.09. The van der Waals surface area contributed by atoms with Crippen molar-refractivity contribution in [1.82, 2.24) is 4.98 Å².